The summed E-state index contributed by atoms with van der Waals surface area (Å²) in [5, 5.41) is 8.26. The fourth-order valence-electron chi connectivity index (χ4n) is 0.765. The molecule has 0 spiro atoms. The molecule has 12 heavy (non-hydrogen) atoms. The van der Waals surface area contributed by atoms with Crippen LogP contribution in [-0.4, -0.2) is 28.1 Å². The molecule has 1 aromatic carbocycles. The number of carbonyl (C=O) groups is 1. The molecule has 0 bridgehead atoms. The fourth-order valence-corrected chi connectivity index (χ4v) is 0.765. The minimum absolute atomic E-state index is 0. The number of rotatable bonds is 2. The van der Waals surface area contributed by atoms with Crippen LogP contribution in [0.15, 0.2) is 30.3 Å². The average molecular weight is 235 g/mol. The van der Waals surface area contributed by atoms with E-state index < -0.39 is 12.1 Å². The van der Waals surface area contributed by atoms with Crippen molar-refractivity contribution in [3.05, 3.63) is 35.9 Å². The van der Waals surface area contributed by atoms with Gasteiger partial charge in [-0.25, -0.2) is 9.18 Å². The normalized spacial score (nSPS) is 11.4. The summed E-state index contributed by atoms with van der Waals surface area (Å²) in [7, 11) is 0. The van der Waals surface area contributed by atoms with Gasteiger partial charge in [0.1, 0.15) is 0 Å². The summed E-state index contributed by atoms with van der Waals surface area (Å²) in [5.74, 6) is -1.45. The van der Waals surface area contributed by atoms with E-state index in [2.05, 4.69) is 0 Å². The molecule has 1 N–H and O–H groups in total. The monoisotopic (exact) mass is 236 g/mol. The first-order valence-corrected chi connectivity index (χ1v) is 3.13. The molecule has 1 atom stereocenters. The first-order valence-electron chi connectivity index (χ1n) is 3.13. The Kier molecular flexibility index (Phi) is 4.55. The van der Waals surface area contributed by atoms with Gasteiger partial charge in [0.25, 0.3) is 0 Å². The van der Waals surface area contributed by atoms with E-state index in [1.54, 1.807) is 18.2 Å². The maximum absolute atomic E-state index is 12.7. The predicted molar refractivity (Wildman–Crippen MR) is 46.5 cm³/mol. The molecular weight excluding hydrogens is 226 g/mol. The summed E-state index contributed by atoms with van der Waals surface area (Å²) >= 11 is 0. The summed E-state index contributed by atoms with van der Waals surface area (Å²) in [6.45, 7) is 0. The molecule has 1 aromatic rings. The predicted octanol–water partition coefficient (Wildman–Crippen LogP) is 0.866. The first-order chi connectivity index (χ1) is 5.22. The summed E-state index contributed by atoms with van der Waals surface area (Å²) in [6, 6.07) is 7.80. The Labute approximate surface area is 79.9 Å². The number of aliphatic carboxylic acids is 1. The molecule has 0 aliphatic carbocycles. The Morgan fingerprint density at radius 3 is 2.25 bits per heavy atom. The van der Waals surface area contributed by atoms with Gasteiger partial charge >= 0.3 is 23.0 Å². The number of halogens is 1. The third kappa shape index (κ3) is 2.64. The van der Waals surface area contributed by atoms with Crippen molar-refractivity contribution in [3.8, 4) is 0 Å². The van der Waals surface area contributed by atoms with Crippen LogP contribution in [-0.2, 0) is 4.79 Å². The van der Waals surface area contributed by atoms with Crippen LogP contribution in [0.3, 0.4) is 0 Å². The van der Waals surface area contributed by atoms with Crippen molar-refractivity contribution in [1.82, 2.24) is 0 Å². The first kappa shape index (κ1) is 11.1. The molecule has 0 amide bonds. The topological polar surface area (TPSA) is 37.3 Å². The van der Waals surface area contributed by atoms with Crippen LogP contribution >= 0.6 is 0 Å². The van der Waals surface area contributed by atoms with Gasteiger partial charge in [-0.05, 0) is 5.56 Å². The Hall–Kier alpha value is -0.861. The zero-order valence-electron chi connectivity index (χ0n) is 6.20. The Balaban J connectivity index is 0.00000121. The van der Waals surface area contributed by atoms with Crippen LogP contribution in [0.25, 0.3) is 0 Å². The van der Waals surface area contributed by atoms with E-state index in [0.29, 0.717) is 0 Å². The van der Waals surface area contributed by atoms with Crippen molar-refractivity contribution in [2.45, 2.75) is 6.17 Å². The molecule has 0 fully saturated rings. The third-order valence-corrected chi connectivity index (χ3v) is 1.31. The van der Waals surface area contributed by atoms with E-state index in [-0.39, 0.29) is 22.6 Å². The standard InChI is InChI=1S/C8H7FO2.H2Se/c9-7(8(10)11)6-4-2-1-3-5-6;/h1-5,7H,(H,10,11);1H2. The van der Waals surface area contributed by atoms with Crippen LogP contribution in [0.1, 0.15) is 11.7 Å². The molecule has 0 saturated carbocycles. The van der Waals surface area contributed by atoms with Crippen LogP contribution in [0.5, 0.6) is 0 Å². The molecule has 0 aliphatic rings. The molecule has 0 heterocycles. The SMILES string of the molecule is O=C(O)C(F)c1ccccc1.[SeH2]. The van der Waals surface area contributed by atoms with Gasteiger partial charge in [0.15, 0.2) is 0 Å². The van der Waals surface area contributed by atoms with Gasteiger partial charge in [0.05, 0.1) is 0 Å². The van der Waals surface area contributed by atoms with Crippen molar-refractivity contribution in [3.63, 3.8) is 0 Å². The molecular formula is C8H9FO2Se. The zero-order chi connectivity index (χ0) is 8.27. The van der Waals surface area contributed by atoms with E-state index in [1.807, 2.05) is 0 Å². The molecule has 0 saturated heterocycles. The third-order valence-electron chi connectivity index (χ3n) is 1.31. The van der Waals surface area contributed by atoms with Gasteiger partial charge in [0.2, 0.25) is 6.17 Å². The molecule has 1 rings (SSSR count). The number of hydrogen-bond acceptors (Lipinski definition) is 1. The van der Waals surface area contributed by atoms with E-state index >= 15 is 0 Å². The van der Waals surface area contributed by atoms with Crippen LogP contribution < -0.4 is 0 Å². The Morgan fingerprint density at radius 1 is 1.33 bits per heavy atom. The van der Waals surface area contributed by atoms with Gasteiger partial charge in [-0.15, -0.1) is 0 Å². The molecule has 1 unspecified atom stereocenters. The second-order valence-corrected chi connectivity index (χ2v) is 2.11. The molecule has 66 valence electrons. The number of benzene rings is 1. The van der Waals surface area contributed by atoms with Crippen molar-refractivity contribution < 1.29 is 14.3 Å². The number of carboxylic acids is 1. The van der Waals surface area contributed by atoms with Gasteiger partial charge < -0.3 is 5.11 Å². The number of carboxylic acid groups (broad SMARTS) is 1. The fraction of sp³-hybridized carbons (Fsp3) is 0.125. The van der Waals surface area contributed by atoms with Crippen LogP contribution in [0.4, 0.5) is 4.39 Å². The number of alkyl halides is 1. The zero-order valence-corrected chi connectivity index (χ0v) is 8.30. The van der Waals surface area contributed by atoms with Crippen molar-refractivity contribution in [2.24, 2.45) is 0 Å². The van der Waals surface area contributed by atoms with Gasteiger partial charge in [-0.1, -0.05) is 30.3 Å². The van der Waals surface area contributed by atoms with E-state index in [9.17, 15) is 9.18 Å². The van der Waals surface area contributed by atoms with Crippen LogP contribution in [0.2, 0.25) is 0 Å². The van der Waals surface area contributed by atoms with Crippen molar-refractivity contribution in [1.29, 1.82) is 0 Å². The average Bonchev–Trinajstić information content (AvgIpc) is 2.05. The van der Waals surface area contributed by atoms with Gasteiger partial charge in [-0.3, -0.25) is 0 Å². The summed E-state index contributed by atoms with van der Waals surface area (Å²) in [4.78, 5) is 10.1. The molecule has 0 radical (unpaired) electrons. The van der Waals surface area contributed by atoms with Gasteiger partial charge in [-0.2, -0.15) is 0 Å². The van der Waals surface area contributed by atoms with Crippen molar-refractivity contribution >= 4 is 23.0 Å². The number of hydrogen-bond donors (Lipinski definition) is 1. The molecule has 2 nitrogen and oxygen atoms in total. The maximum atomic E-state index is 12.7. The molecule has 0 aliphatic heterocycles. The minimum atomic E-state index is -1.91. The summed E-state index contributed by atoms with van der Waals surface area (Å²) in [5.41, 5.74) is 0.181. The summed E-state index contributed by atoms with van der Waals surface area (Å²) in [6.07, 6.45) is -1.91. The molecule has 4 heteroatoms. The quantitative estimate of drug-likeness (QED) is 0.772. The van der Waals surface area contributed by atoms with E-state index in [4.69, 9.17) is 5.11 Å². The molecule has 0 aromatic heterocycles. The second-order valence-electron chi connectivity index (χ2n) is 2.11. The second kappa shape index (κ2) is 4.91. The Bertz CT molecular complexity index is 250. The Morgan fingerprint density at radius 2 is 1.83 bits per heavy atom. The van der Waals surface area contributed by atoms with E-state index in [1.165, 1.54) is 12.1 Å². The van der Waals surface area contributed by atoms with E-state index in [0.717, 1.165) is 0 Å². The van der Waals surface area contributed by atoms with Gasteiger partial charge in [0, 0.05) is 0 Å². The van der Waals surface area contributed by atoms with Crippen molar-refractivity contribution in [2.75, 3.05) is 0 Å². The van der Waals surface area contributed by atoms with Crippen LogP contribution in [0, 0.1) is 0 Å². The summed E-state index contributed by atoms with van der Waals surface area (Å²) < 4.78 is 12.7.